The number of anilines is 1. The van der Waals surface area contributed by atoms with Crippen LogP contribution in [0.2, 0.25) is 10.0 Å². The molecule has 0 aliphatic carbocycles. The number of phosphoric ester groups is 1. The Morgan fingerprint density at radius 3 is 2.77 bits per heavy atom. The summed E-state index contributed by atoms with van der Waals surface area (Å²) in [6, 6.07) is 5.56. The highest BCUT2D eigenvalue weighted by Crippen LogP contribution is 2.42. The van der Waals surface area contributed by atoms with Crippen LogP contribution < -0.4 is 21.0 Å². The molecule has 0 bridgehead atoms. The molecule has 15 heteroatoms. The molecule has 0 atom stereocenters. The highest BCUT2D eigenvalue weighted by molar-refractivity contribution is 7.80. The number of ether oxygens (including phenoxy) is 1. The lowest BCUT2D eigenvalue weighted by atomic mass is 10.2. The molecule has 1 heterocycles. The Balaban J connectivity index is 2.13. The average Bonchev–Trinajstić information content (AvgIpc) is 2.64. The lowest BCUT2D eigenvalue weighted by Gasteiger charge is -2.15. The molecular weight excluding hydrogens is 480 g/mol. The molecule has 30 heavy (non-hydrogen) atoms. The molecule has 0 saturated heterocycles. The summed E-state index contributed by atoms with van der Waals surface area (Å²) in [5.74, 6) is -0.288. The molecule has 1 aromatic carbocycles. The monoisotopic (exact) mass is 493 g/mol. The number of amides is 1. The number of nitrogens with one attached hydrogen (secondary N) is 2. The number of aromatic nitrogens is 1. The topological polar surface area (TPSA) is 168 Å². The van der Waals surface area contributed by atoms with Crippen molar-refractivity contribution in [3.8, 4) is 5.75 Å². The van der Waals surface area contributed by atoms with E-state index in [2.05, 4.69) is 37.6 Å². The Hall–Kier alpha value is -2.47. The van der Waals surface area contributed by atoms with E-state index in [9.17, 15) is 9.36 Å². The molecule has 0 aliphatic heterocycles. The molecule has 1 amide bonds. The van der Waals surface area contributed by atoms with Gasteiger partial charge in [-0.25, -0.2) is 9.36 Å². The Morgan fingerprint density at radius 2 is 2.10 bits per heavy atom. The van der Waals surface area contributed by atoms with E-state index < -0.39 is 20.5 Å². The number of carbonyl (C=O) groups is 1. The second-order valence-corrected chi connectivity index (χ2v) is 7.68. The van der Waals surface area contributed by atoms with Crippen LogP contribution in [0.4, 0.5) is 10.5 Å². The van der Waals surface area contributed by atoms with Crippen molar-refractivity contribution in [3.05, 3.63) is 51.8 Å². The van der Waals surface area contributed by atoms with Gasteiger partial charge in [0.1, 0.15) is 18.1 Å². The van der Waals surface area contributed by atoms with Gasteiger partial charge in [-0.1, -0.05) is 23.2 Å². The van der Waals surface area contributed by atoms with Crippen molar-refractivity contribution in [3.63, 3.8) is 0 Å². The fraction of sp³-hybridized carbons (Fsp3) is 0.0667. The van der Waals surface area contributed by atoms with Gasteiger partial charge in [0, 0.05) is 6.20 Å². The Bertz CT molecular complexity index is 1030. The molecule has 2 rings (SSSR count). The van der Waals surface area contributed by atoms with Gasteiger partial charge in [0.05, 0.1) is 27.5 Å². The SMILES string of the molecule is NC(=S)NN=Cc1ncccc1NC(=O)OCc1c(OP(=O)(O)O)ccc(Cl)c1Cl. The first-order valence-corrected chi connectivity index (χ1v) is 10.5. The number of hydrazone groups is 1. The summed E-state index contributed by atoms with van der Waals surface area (Å²) < 4.78 is 20.8. The van der Waals surface area contributed by atoms with Crippen LogP contribution in [0, 0.1) is 0 Å². The highest BCUT2D eigenvalue weighted by atomic mass is 35.5. The van der Waals surface area contributed by atoms with Gasteiger partial charge in [-0.2, -0.15) is 5.10 Å². The van der Waals surface area contributed by atoms with Crippen molar-refractivity contribution < 1.29 is 28.4 Å². The number of pyridine rings is 1. The van der Waals surface area contributed by atoms with Crippen LogP contribution in [0.5, 0.6) is 5.75 Å². The van der Waals surface area contributed by atoms with E-state index in [-0.39, 0.29) is 37.9 Å². The van der Waals surface area contributed by atoms with Crippen LogP contribution in [-0.2, 0) is 15.9 Å². The summed E-state index contributed by atoms with van der Waals surface area (Å²) >= 11 is 16.6. The first-order valence-electron chi connectivity index (χ1n) is 7.76. The number of thiocarbonyl (C=S) groups is 1. The molecule has 1 aromatic heterocycles. The summed E-state index contributed by atoms with van der Waals surface area (Å²) in [5, 5.41) is 6.13. The van der Waals surface area contributed by atoms with E-state index in [1.54, 1.807) is 6.07 Å². The van der Waals surface area contributed by atoms with Gasteiger partial charge in [-0.15, -0.1) is 0 Å². The third-order valence-electron chi connectivity index (χ3n) is 3.15. The number of hydrogen-bond acceptors (Lipinski definition) is 7. The van der Waals surface area contributed by atoms with Crippen molar-refractivity contribution in [2.75, 3.05) is 5.32 Å². The zero-order valence-corrected chi connectivity index (χ0v) is 18.0. The fourth-order valence-corrected chi connectivity index (χ4v) is 2.86. The summed E-state index contributed by atoms with van der Waals surface area (Å²) in [5.41, 5.74) is 8.09. The number of nitrogens with zero attached hydrogens (tertiary/aromatic N) is 2. The maximum atomic E-state index is 12.2. The molecule has 0 spiro atoms. The molecule has 0 aliphatic rings. The lowest BCUT2D eigenvalue weighted by Crippen LogP contribution is -2.24. The molecule has 0 unspecified atom stereocenters. The zero-order valence-electron chi connectivity index (χ0n) is 14.8. The number of hydrogen-bond donors (Lipinski definition) is 5. The number of nitrogens with two attached hydrogens (primary N) is 1. The summed E-state index contributed by atoms with van der Waals surface area (Å²) in [6.45, 7) is -0.493. The quantitative estimate of drug-likeness (QED) is 0.167. The van der Waals surface area contributed by atoms with Crippen molar-refractivity contribution in [2.45, 2.75) is 6.61 Å². The average molecular weight is 494 g/mol. The van der Waals surface area contributed by atoms with E-state index in [0.29, 0.717) is 0 Å². The predicted molar refractivity (Wildman–Crippen MR) is 115 cm³/mol. The number of rotatable bonds is 7. The Labute approximate surface area is 185 Å². The van der Waals surface area contributed by atoms with Crippen molar-refractivity contribution in [2.24, 2.45) is 10.8 Å². The summed E-state index contributed by atoms with van der Waals surface area (Å²) in [7, 11) is -4.88. The van der Waals surface area contributed by atoms with Gasteiger partial charge in [-0.05, 0) is 36.5 Å². The molecule has 2 aromatic rings. The van der Waals surface area contributed by atoms with Crippen LogP contribution in [-0.4, -0.2) is 32.2 Å². The number of halogens is 2. The van der Waals surface area contributed by atoms with E-state index in [1.165, 1.54) is 30.6 Å². The van der Waals surface area contributed by atoms with Crippen LogP contribution in [0.15, 0.2) is 35.6 Å². The first kappa shape index (κ1) is 23.8. The smallest absolute Gasteiger partial charge is 0.444 e. The molecule has 0 radical (unpaired) electrons. The van der Waals surface area contributed by atoms with Gasteiger partial charge in [0.25, 0.3) is 0 Å². The molecular formula is C15H14Cl2N5O6PS. The minimum atomic E-state index is -4.88. The Kier molecular flexibility index (Phi) is 8.35. The molecule has 6 N–H and O–H groups in total. The fourth-order valence-electron chi connectivity index (χ4n) is 1.99. The lowest BCUT2D eigenvalue weighted by molar-refractivity contribution is 0.154. The molecule has 0 saturated carbocycles. The van der Waals surface area contributed by atoms with Crippen LogP contribution in [0.3, 0.4) is 0 Å². The van der Waals surface area contributed by atoms with Gasteiger partial charge in [0.15, 0.2) is 5.11 Å². The largest absolute Gasteiger partial charge is 0.524 e. The van der Waals surface area contributed by atoms with Crippen molar-refractivity contribution in [1.82, 2.24) is 10.4 Å². The second kappa shape index (κ2) is 10.5. The maximum absolute atomic E-state index is 12.2. The predicted octanol–water partition coefficient (Wildman–Crippen LogP) is 2.78. The zero-order chi connectivity index (χ0) is 22.3. The number of carbonyl (C=O) groups excluding carboxylic acids is 1. The standard InChI is InChI=1S/C15H14Cl2N5O6PS/c16-9-3-4-12(28-29(24,25)26)8(13(9)17)7-27-15(23)21-10-2-1-5-19-11(10)6-20-22-14(18)30/h1-6H,7H2,(H,21,23)(H3,18,22,30)(H2,24,25,26). The Morgan fingerprint density at radius 1 is 1.37 bits per heavy atom. The minimum Gasteiger partial charge on any atom is -0.444 e. The molecule has 11 nitrogen and oxygen atoms in total. The van der Waals surface area contributed by atoms with Gasteiger partial charge >= 0.3 is 13.9 Å². The third-order valence-corrected chi connectivity index (χ3v) is 4.52. The summed E-state index contributed by atoms with van der Waals surface area (Å²) in [6.07, 6.45) is 1.82. The number of phosphoric acid groups is 1. The number of benzene rings is 1. The van der Waals surface area contributed by atoms with E-state index in [4.69, 9.17) is 43.5 Å². The van der Waals surface area contributed by atoms with Gasteiger partial charge in [0.2, 0.25) is 0 Å². The normalized spacial score (nSPS) is 11.2. The first-order chi connectivity index (χ1) is 14.1. The highest BCUT2D eigenvalue weighted by Gasteiger charge is 2.22. The van der Waals surface area contributed by atoms with Gasteiger partial charge in [-0.3, -0.25) is 25.5 Å². The van der Waals surface area contributed by atoms with E-state index in [0.717, 1.165) is 0 Å². The van der Waals surface area contributed by atoms with E-state index in [1.807, 2.05) is 0 Å². The van der Waals surface area contributed by atoms with Crippen molar-refractivity contribution >= 4 is 66.4 Å². The summed E-state index contributed by atoms with van der Waals surface area (Å²) in [4.78, 5) is 34.3. The van der Waals surface area contributed by atoms with Crippen molar-refractivity contribution in [1.29, 1.82) is 0 Å². The van der Waals surface area contributed by atoms with Crippen LogP contribution in [0.1, 0.15) is 11.3 Å². The maximum Gasteiger partial charge on any atom is 0.524 e. The van der Waals surface area contributed by atoms with E-state index >= 15 is 0 Å². The molecule has 160 valence electrons. The second-order valence-electron chi connectivity index (χ2n) is 5.29. The van der Waals surface area contributed by atoms with Gasteiger partial charge < -0.3 is 15.0 Å². The van der Waals surface area contributed by atoms with Crippen LogP contribution in [0.25, 0.3) is 0 Å². The van der Waals surface area contributed by atoms with Crippen LogP contribution >= 0.6 is 43.2 Å². The molecule has 0 fully saturated rings. The minimum absolute atomic E-state index is 0.0312. The third kappa shape index (κ3) is 7.41.